The summed E-state index contributed by atoms with van der Waals surface area (Å²) in [5.74, 6) is 0.666. The van der Waals surface area contributed by atoms with Crippen LogP contribution < -0.4 is 10.6 Å². The maximum atomic E-state index is 12.5. The molecule has 0 radical (unpaired) electrons. The number of hydrogen-bond acceptors (Lipinski definition) is 4. The van der Waals surface area contributed by atoms with Crippen molar-refractivity contribution in [2.75, 3.05) is 13.1 Å². The fourth-order valence-corrected chi connectivity index (χ4v) is 4.01. The zero-order chi connectivity index (χ0) is 19.2. The molecule has 1 unspecified atom stereocenters. The fourth-order valence-electron chi connectivity index (χ4n) is 2.55. The molecule has 0 aliphatic rings. The van der Waals surface area contributed by atoms with Gasteiger partial charge in [0.05, 0.1) is 23.7 Å². The van der Waals surface area contributed by atoms with E-state index in [0.29, 0.717) is 25.4 Å². The molecule has 0 saturated heterocycles. The third kappa shape index (κ3) is 4.86. The van der Waals surface area contributed by atoms with Crippen LogP contribution in [0.4, 0.5) is 4.79 Å². The second-order valence-electron chi connectivity index (χ2n) is 5.79. The van der Waals surface area contributed by atoms with Crippen molar-refractivity contribution in [2.45, 2.75) is 38.3 Å². The van der Waals surface area contributed by atoms with E-state index >= 15 is 0 Å². The van der Waals surface area contributed by atoms with Gasteiger partial charge in [0.15, 0.2) is 0 Å². The molecule has 2 aromatic rings. The van der Waals surface area contributed by atoms with E-state index < -0.39 is 10.0 Å². The number of sulfonamides is 1. The van der Waals surface area contributed by atoms with E-state index in [-0.39, 0.29) is 17.0 Å². The van der Waals surface area contributed by atoms with Gasteiger partial charge in [0.2, 0.25) is 10.0 Å². The molecule has 1 heterocycles. The molecular formula is C18H25N3O4S. The first-order chi connectivity index (χ1) is 12.4. The highest BCUT2D eigenvalue weighted by molar-refractivity contribution is 7.89. The average Bonchev–Trinajstić information content (AvgIpc) is 3.14. The van der Waals surface area contributed by atoms with Gasteiger partial charge < -0.3 is 15.1 Å². The number of hydrogen-bond donors (Lipinski definition) is 2. The van der Waals surface area contributed by atoms with Crippen LogP contribution in [0.3, 0.4) is 0 Å². The molecule has 2 amide bonds. The number of amides is 2. The van der Waals surface area contributed by atoms with Crippen LogP contribution in [0.1, 0.15) is 38.1 Å². The predicted octanol–water partition coefficient (Wildman–Crippen LogP) is 2.87. The van der Waals surface area contributed by atoms with E-state index in [1.165, 1.54) is 4.31 Å². The molecule has 2 rings (SSSR count). The van der Waals surface area contributed by atoms with Gasteiger partial charge in [0.1, 0.15) is 5.76 Å². The number of nitrogens with one attached hydrogen (secondary N) is 2. The smallest absolute Gasteiger partial charge is 0.315 e. The van der Waals surface area contributed by atoms with Gasteiger partial charge >= 0.3 is 6.03 Å². The Kier molecular flexibility index (Phi) is 6.82. The standard InChI is InChI=1S/C18H25N3O4S/c1-4-21(5-2)26(23,24)17-10-8-15(9-11-17)14(3)20-18(22)19-13-16-7-6-12-25-16/h6-12,14H,4-5,13H2,1-3H3,(H2,19,20,22). The van der Waals surface area contributed by atoms with Crippen molar-refractivity contribution < 1.29 is 17.6 Å². The van der Waals surface area contributed by atoms with Crippen LogP contribution in [-0.2, 0) is 16.6 Å². The number of urea groups is 1. The van der Waals surface area contributed by atoms with Crippen molar-refractivity contribution in [3.63, 3.8) is 0 Å². The van der Waals surface area contributed by atoms with Crippen molar-refractivity contribution in [1.29, 1.82) is 0 Å². The molecule has 26 heavy (non-hydrogen) atoms. The maximum Gasteiger partial charge on any atom is 0.315 e. The molecule has 0 fully saturated rings. The number of rotatable bonds is 8. The summed E-state index contributed by atoms with van der Waals surface area (Å²) in [5, 5.41) is 5.52. The van der Waals surface area contributed by atoms with Gasteiger partial charge in [-0.05, 0) is 36.8 Å². The normalized spacial score (nSPS) is 12.8. The first kappa shape index (κ1) is 20.0. The molecule has 8 heteroatoms. The minimum Gasteiger partial charge on any atom is -0.467 e. The van der Waals surface area contributed by atoms with Crippen molar-refractivity contribution in [3.8, 4) is 0 Å². The molecule has 142 valence electrons. The summed E-state index contributed by atoms with van der Waals surface area (Å²) < 4.78 is 31.5. The van der Waals surface area contributed by atoms with Gasteiger partial charge in [-0.25, -0.2) is 13.2 Å². The monoisotopic (exact) mass is 379 g/mol. The van der Waals surface area contributed by atoms with Crippen LogP contribution in [0.15, 0.2) is 52.0 Å². The minimum absolute atomic E-state index is 0.249. The number of furan rings is 1. The van der Waals surface area contributed by atoms with E-state index in [4.69, 9.17) is 4.42 Å². The highest BCUT2D eigenvalue weighted by Gasteiger charge is 2.21. The van der Waals surface area contributed by atoms with Gasteiger partial charge in [0.25, 0.3) is 0 Å². The van der Waals surface area contributed by atoms with Gasteiger partial charge in [-0.15, -0.1) is 0 Å². The summed E-state index contributed by atoms with van der Waals surface area (Å²) >= 11 is 0. The Balaban J connectivity index is 1.97. The zero-order valence-corrected chi connectivity index (χ0v) is 16.0. The fraction of sp³-hybridized carbons (Fsp3) is 0.389. The lowest BCUT2D eigenvalue weighted by molar-refractivity contribution is 0.236. The maximum absolute atomic E-state index is 12.5. The summed E-state index contributed by atoms with van der Waals surface area (Å²) in [5.41, 5.74) is 0.816. The van der Waals surface area contributed by atoms with Gasteiger partial charge in [-0.3, -0.25) is 0 Å². The van der Waals surface area contributed by atoms with E-state index in [9.17, 15) is 13.2 Å². The highest BCUT2D eigenvalue weighted by atomic mass is 32.2. The Morgan fingerprint density at radius 1 is 1.15 bits per heavy atom. The summed E-state index contributed by atoms with van der Waals surface area (Å²) in [6.45, 7) is 6.60. The molecule has 0 bridgehead atoms. The molecule has 1 aromatic carbocycles. The predicted molar refractivity (Wildman–Crippen MR) is 99.0 cm³/mol. The lowest BCUT2D eigenvalue weighted by atomic mass is 10.1. The molecule has 0 spiro atoms. The lowest BCUT2D eigenvalue weighted by Gasteiger charge is -2.19. The van der Waals surface area contributed by atoms with Crippen LogP contribution >= 0.6 is 0 Å². The molecule has 0 saturated carbocycles. The van der Waals surface area contributed by atoms with Crippen molar-refractivity contribution in [3.05, 3.63) is 54.0 Å². The van der Waals surface area contributed by atoms with Crippen molar-refractivity contribution >= 4 is 16.1 Å². The van der Waals surface area contributed by atoms with Gasteiger partial charge in [-0.2, -0.15) is 4.31 Å². The van der Waals surface area contributed by atoms with Crippen LogP contribution in [0.5, 0.6) is 0 Å². The van der Waals surface area contributed by atoms with E-state index in [1.807, 2.05) is 20.8 Å². The summed E-state index contributed by atoms with van der Waals surface area (Å²) in [6, 6.07) is 9.51. The van der Waals surface area contributed by atoms with Crippen LogP contribution in [0.2, 0.25) is 0 Å². The number of carbonyl (C=O) groups excluding carboxylic acids is 1. The van der Waals surface area contributed by atoms with Gasteiger partial charge in [-0.1, -0.05) is 26.0 Å². The number of nitrogens with zero attached hydrogens (tertiary/aromatic N) is 1. The molecule has 0 aliphatic carbocycles. The van der Waals surface area contributed by atoms with E-state index in [2.05, 4.69) is 10.6 Å². The molecule has 7 nitrogen and oxygen atoms in total. The SMILES string of the molecule is CCN(CC)S(=O)(=O)c1ccc(C(C)NC(=O)NCc2ccco2)cc1. The molecule has 2 N–H and O–H groups in total. The summed E-state index contributed by atoms with van der Waals surface area (Å²) in [6.07, 6.45) is 1.55. The molecular weight excluding hydrogens is 354 g/mol. The van der Waals surface area contributed by atoms with Gasteiger partial charge in [0, 0.05) is 13.1 Å². The number of carbonyl (C=O) groups is 1. The minimum atomic E-state index is -3.48. The molecule has 0 aliphatic heterocycles. The quantitative estimate of drug-likeness (QED) is 0.738. The second kappa shape index (κ2) is 8.86. The first-order valence-corrected chi connectivity index (χ1v) is 9.99. The van der Waals surface area contributed by atoms with Crippen molar-refractivity contribution in [2.24, 2.45) is 0 Å². The topological polar surface area (TPSA) is 91.7 Å². The third-order valence-corrected chi connectivity index (χ3v) is 6.14. The van der Waals surface area contributed by atoms with E-state index in [0.717, 1.165) is 5.56 Å². The first-order valence-electron chi connectivity index (χ1n) is 8.55. The lowest BCUT2D eigenvalue weighted by Crippen LogP contribution is -2.36. The Morgan fingerprint density at radius 2 is 1.81 bits per heavy atom. The second-order valence-corrected chi connectivity index (χ2v) is 7.72. The Morgan fingerprint density at radius 3 is 2.35 bits per heavy atom. The van der Waals surface area contributed by atoms with Crippen LogP contribution in [0, 0.1) is 0 Å². The Hall–Kier alpha value is -2.32. The van der Waals surface area contributed by atoms with Crippen LogP contribution in [-0.4, -0.2) is 31.8 Å². The van der Waals surface area contributed by atoms with E-state index in [1.54, 1.807) is 42.7 Å². The van der Waals surface area contributed by atoms with Crippen molar-refractivity contribution in [1.82, 2.24) is 14.9 Å². The summed E-state index contributed by atoms with van der Waals surface area (Å²) in [7, 11) is -3.48. The zero-order valence-electron chi connectivity index (χ0n) is 15.2. The summed E-state index contributed by atoms with van der Waals surface area (Å²) in [4.78, 5) is 12.2. The number of benzene rings is 1. The third-order valence-electron chi connectivity index (χ3n) is 4.07. The Bertz CT molecular complexity index is 797. The Labute approximate surface area is 154 Å². The molecule has 1 aromatic heterocycles. The highest BCUT2D eigenvalue weighted by Crippen LogP contribution is 2.19. The van der Waals surface area contributed by atoms with Crippen LogP contribution in [0.25, 0.3) is 0 Å². The largest absolute Gasteiger partial charge is 0.467 e. The average molecular weight is 379 g/mol. The molecule has 1 atom stereocenters.